The molecule has 1 unspecified atom stereocenters. The van der Waals surface area contributed by atoms with Gasteiger partial charge in [0.05, 0.1) is 27.6 Å². The van der Waals surface area contributed by atoms with E-state index >= 15 is 0 Å². The molecule has 3 rings (SSSR count). The quantitative estimate of drug-likeness (QED) is 0.672. The number of nitrogens with zero attached hydrogens (tertiary/aromatic N) is 3. The fourth-order valence-corrected chi connectivity index (χ4v) is 4.95. The number of hydrogen-bond donors (Lipinski definition) is 0. The predicted molar refractivity (Wildman–Crippen MR) is 116 cm³/mol. The molecule has 0 amide bonds. The van der Waals surface area contributed by atoms with Crippen molar-refractivity contribution < 1.29 is 22.3 Å². The van der Waals surface area contributed by atoms with Gasteiger partial charge >= 0.3 is 0 Å². The number of pyridine rings is 2. The van der Waals surface area contributed by atoms with E-state index in [4.69, 9.17) is 4.74 Å². The Hall–Kier alpha value is -2.96. The van der Waals surface area contributed by atoms with Crippen molar-refractivity contribution in [3.63, 3.8) is 0 Å². The Balaban J connectivity index is 2.30. The van der Waals surface area contributed by atoms with Gasteiger partial charge in [-0.2, -0.15) is 5.26 Å². The summed E-state index contributed by atoms with van der Waals surface area (Å²) in [6.07, 6.45) is 5.24. The minimum absolute atomic E-state index is 0.000846. The maximum absolute atomic E-state index is 14.3. The fraction of sp³-hybridized carbons (Fsp3) is 0.391. The van der Waals surface area contributed by atoms with Gasteiger partial charge in [0.25, 0.3) is 0 Å². The average Bonchev–Trinajstić information content (AvgIpc) is 2.75. The third-order valence-electron chi connectivity index (χ3n) is 5.65. The largest absolute Gasteiger partial charge is 0.368 e. The maximum atomic E-state index is 14.3. The van der Waals surface area contributed by atoms with Crippen molar-refractivity contribution in [3.8, 4) is 17.2 Å². The van der Waals surface area contributed by atoms with E-state index in [2.05, 4.69) is 9.97 Å². The van der Waals surface area contributed by atoms with Crippen LogP contribution < -0.4 is 0 Å². The van der Waals surface area contributed by atoms with E-state index in [1.165, 1.54) is 37.7 Å². The molecule has 0 N–H and O–H groups in total. The van der Waals surface area contributed by atoms with E-state index in [1.54, 1.807) is 27.7 Å². The van der Waals surface area contributed by atoms with Gasteiger partial charge in [0.2, 0.25) is 0 Å². The van der Waals surface area contributed by atoms with Gasteiger partial charge in [0.1, 0.15) is 17.5 Å². The first-order valence-electron chi connectivity index (χ1n) is 9.96. The monoisotopic (exact) mass is 457 g/mol. The van der Waals surface area contributed by atoms with Gasteiger partial charge in [-0.3, -0.25) is 14.8 Å². The van der Waals surface area contributed by atoms with Crippen molar-refractivity contribution in [1.29, 1.82) is 5.26 Å². The molecule has 2 aromatic heterocycles. The third kappa shape index (κ3) is 3.96. The number of aromatic nitrogens is 2. The van der Waals surface area contributed by atoms with Crippen LogP contribution in [0.2, 0.25) is 0 Å². The number of carbonyl (C=O) groups excluding carboxylic acids is 1. The Kier molecular flexibility index (Phi) is 6.06. The van der Waals surface area contributed by atoms with Crippen LogP contribution in [0.25, 0.3) is 11.1 Å². The fourth-order valence-electron chi connectivity index (χ4n) is 3.90. The lowest BCUT2D eigenvalue weighted by molar-refractivity contribution is -0.128. The maximum Gasteiger partial charge on any atom is 0.182 e. The number of carbonyl (C=O) groups is 1. The normalized spacial score (nSPS) is 20.7. The molecule has 0 spiro atoms. The summed E-state index contributed by atoms with van der Waals surface area (Å²) in [7, 11) is -2.20. The van der Waals surface area contributed by atoms with Crippen molar-refractivity contribution >= 4 is 15.6 Å². The average molecular weight is 458 g/mol. The number of sulfone groups is 1. The lowest BCUT2D eigenvalue weighted by Crippen LogP contribution is -2.43. The first-order valence-corrected chi connectivity index (χ1v) is 11.5. The van der Waals surface area contributed by atoms with Gasteiger partial charge in [0.15, 0.2) is 15.6 Å². The highest BCUT2D eigenvalue weighted by molar-refractivity contribution is 7.92. The van der Waals surface area contributed by atoms with E-state index < -0.39 is 31.9 Å². The minimum Gasteiger partial charge on any atom is -0.368 e. The highest BCUT2D eigenvalue weighted by Gasteiger charge is 2.48. The van der Waals surface area contributed by atoms with Crippen LogP contribution >= 0.6 is 0 Å². The van der Waals surface area contributed by atoms with Gasteiger partial charge < -0.3 is 4.74 Å². The number of methoxy groups -OCH3 is 1. The van der Waals surface area contributed by atoms with Crippen LogP contribution in [0.1, 0.15) is 39.8 Å². The smallest absolute Gasteiger partial charge is 0.182 e. The molecule has 0 saturated carbocycles. The van der Waals surface area contributed by atoms with Crippen LogP contribution in [0.3, 0.4) is 0 Å². The SMILES string of the molecule is COC1(c2ncc(F)cc2-c2cncc(S(=O)(=O)C(C)C)c2)C=C(C#N)C(=O)C(C)(C)C1. The Morgan fingerprint density at radius 1 is 1.22 bits per heavy atom. The Morgan fingerprint density at radius 3 is 2.50 bits per heavy atom. The molecule has 32 heavy (non-hydrogen) atoms. The van der Waals surface area contributed by atoms with Gasteiger partial charge in [-0.25, -0.2) is 12.8 Å². The molecule has 1 aliphatic carbocycles. The van der Waals surface area contributed by atoms with Crippen molar-refractivity contribution in [3.05, 3.63) is 53.9 Å². The van der Waals surface area contributed by atoms with E-state index in [0.717, 1.165) is 6.20 Å². The molecule has 0 bridgehead atoms. The lowest BCUT2D eigenvalue weighted by atomic mass is 9.68. The van der Waals surface area contributed by atoms with Crippen molar-refractivity contribution in [2.45, 2.75) is 49.9 Å². The molecule has 9 heteroatoms. The number of ketones is 1. The molecule has 0 radical (unpaired) electrons. The molecule has 0 fully saturated rings. The lowest BCUT2D eigenvalue weighted by Gasteiger charge is -2.40. The highest BCUT2D eigenvalue weighted by atomic mass is 32.2. The molecule has 1 aliphatic rings. The minimum atomic E-state index is -3.62. The van der Waals surface area contributed by atoms with Gasteiger partial charge in [-0.1, -0.05) is 13.8 Å². The van der Waals surface area contributed by atoms with E-state index in [0.29, 0.717) is 5.56 Å². The van der Waals surface area contributed by atoms with E-state index in [-0.39, 0.29) is 33.9 Å². The second-order valence-electron chi connectivity index (χ2n) is 8.71. The number of hydrogen-bond acceptors (Lipinski definition) is 7. The molecule has 0 aliphatic heterocycles. The molecule has 2 aromatic rings. The van der Waals surface area contributed by atoms with E-state index in [1.807, 2.05) is 6.07 Å². The topological polar surface area (TPSA) is 110 Å². The highest BCUT2D eigenvalue weighted by Crippen LogP contribution is 2.47. The zero-order chi connectivity index (χ0) is 23.9. The van der Waals surface area contributed by atoms with Crippen molar-refractivity contribution in [1.82, 2.24) is 9.97 Å². The molecular formula is C23H24FN3O4S. The van der Waals surface area contributed by atoms with Gasteiger partial charge in [0, 0.05) is 36.0 Å². The van der Waals surface area contributed by atoms with Crippen LogP contribution in [0.5, 0.6) is 0 Å². The number of ether oxygens (including phenoxy) is 1. The molecule has 2 heterocycles. The zero-order valence-corrected chi connectivity index (χ0v) is 19.3. The molecule has 0 saturated heterocycles. The summed E-state index contributed by atoms with van der Waals surface area (Å²) in [5, 5.41) is 8.86. The second-order valence-corrected chi connectivity index (χ2v) is 11.2. The van der Waals surface area contributed by atoms with Gasteiger partial charge in [-0.05, 0) is 38.5 Å². The number of halogens is 1. The van der Waals surface area contributed by atoms with E-state index in [9.17, 15) is 22.9 Å². The third-order valence-corrected chi connectivity index (χ3v) is 7.78. The molecule has 0 aromatic carbocycles. The van der Waals surface area contributed by atoms with Crippen LogP contribution in [-0.4, -0.2) is 36.5 Å². The summed E-state index contributed by atoms with van der Waals surface area (Å²) in [4.78, 5) is 21.0. The first kappa shape index (κ1) is 23.7. The summed E-state index contributed by atoms with van der Waals surface area (Å²) in [5.74, 6) is -0.953. The van der Waals surface area contributed by atoms with Crippen LogP contribution in [0, 0.1) is 22.6 Å². The molecular weight excluding hydrogens is 433 g/mol. The predicted octanol–water partition coefficient (Wildman–Crippen LogP) is 3.76. The number of Topliss-reactive ketones (excluding diaryl/α,β-unsaturated/α-hetero) is 1. The molecule has 168 valence electrons. The first-order chi connectivity index (χ1) is 14.9. The molecule has 7 nitrogen and oxygen atoms in total. The molecule has 1 atom stereocenters. The number of nitriles is 1. The summed E-state index contributed by atoms with van der Waals surface area (Å²) in [5.41, 5.74) is -1.47. The second kappa shape index (κ2) is 8.19. The van der Waals surface area contributed by atoms with Crippen molar-refractivity contribution in [2.24, 2.45) is 5.41 Å². The Bertz CT molecular complexity index is 1260. The summed E-state index contributed by atoms with van der Waals surface area (Å²) < 4.78 is 45.4. The van der Waals surface area contributed by atoms with Crippen LogP contribution in [-0.2, 0) is 25.0 Å². The number of rotatable bonds is 5. The Labute approximate surface area is 186 Å². The zero-order valence-electron chi connectivity index (χ0n) is 18.5. The summed E-state index contributed by atoms with van der Waals surface area (Å²) in [6, 6.07) is 4.55. The summed E-state index contributed by atoms with van der Waals surface area (Å²) in [6.45, 7) is 6.53. The van der Waals surface area contributed by atoms with Gasteiger partial charge in [-0.15, -0.1) is 0 Å². The number of allylic oxidation sites excluding steroid dienone is 1. The summed E-state index contributed by atoms with van der Waals surface area (Å²) >= 11 is 0. The van der Waals surface area contributed by atoms with Crippen molar-refractivity contribution in [2.75, 3.05) is 7.11 Å². The standard InChI is InChI=1S/C23H24FN3O4S/c1-14(2)32(29,30)18-6-15(10-26-12-18)19-7-17(24)11-27-20(19)23(31-5)8-16(9-25)21(28)22(3,4)13-23/h6-8,10-12,14H,13H2,1-5H3. The Morgan fingerprint density at radius 2 is 1.91 bits per heavy atom. The van der Waals surface area contributed by atoms with Crippen LogP contribution in [0.4, 0.5) is 4.39 Å². The van der Waals surface area contributed by atoms with Crippen LogP contribution in [0.15, 0.2) is 47.3 Å².